The van der Waals surface area contributed by atoms with Crippen LogP contribution in [0, 0.1) is 6.92 Å². The first-order valence-electron chi connectivity index (χ1n) is 6.36. The first kappa shape index (κ1) is 16.0. The molecule has 1 N–H and O–H groups in total. The lowest BCUT2D eigenvalue weighted by Crippen LogP contribution is -2.14. The van der Waals surface area contributed by atoms with Crippen molar-refractivity contribution in [2.75, 3.05) is 4.72 Å². The van der Waals surface area contributed by atoms with E-state index in [2.05, 4.69) is 25.8 Å². The predicted molar refractivity (Wildman–Crippen MR) is 84.9 cm³/mol. The lowest BCUT2D eigenvalue weighted by molar-refractivity contribution is 0.405. The van der Waals surface area contributed by atoms with Crippen LogP contribution in [-0.4, -0.2) is 13.6 Å². The third-order valence-corrected chi connectivity index (χ3v) is 4.94. The molecule has 0 atom stereocenters. The van der Waals surface area contributed by atoms with E-state index in [1.807, 2.05) is 20.8 Å². The zero-order valence-electron chi connectivity index (χ0n) is 12.3. The molecule has 1 heterocycles. The summed E-state index contributed by atoms with van der Waals surface area (Å²) in [5.41, 5.74) is 1.13. The van der Waals surface area contributed by atoms with Gasteiger partial charge in [0.25, 0.3) is 10.0 Å². The molecule has 0 saturated carbocycles. The van der Waals surface area contributed by atoms with Crippen molar-refractivity contribution in [2.45, 2.75) is 38.0 Å². The Kier molecular flexibility index (Phi) is 4.17. The van der Waals surface area contributed by atoms with Crippen LogP contribution in [0.1, 0.15) is 32.0 Å². The number of nitrogens with one attached hydrogen (secondary N) is 1. The minimum absolute atomic E-state index is 0.110. The molecule has 2 rings (SSSR count). The Morgan fingerprint density at radius 1 is 1.24 bits per heavy atom. The maximum absolute atomic E-state index is 12.4. The maximum Gasteiger partial charge on any atom is 0.264 e. The zero-order chi connectivity index (χ0) is 15.8. The van der Waals surface area contributed by atoms with Gasteiger partial charge in [0.05, 0.1) is 10.6 Å². The summed E-state index contributed by atoms with van der Waals surface area (Å²) < 4.78 is 33.0. The van der Waals surface area contributed by atoms with Crippen LogP contribution in [0.15, 0.2) is 38.2 Å². The van der Waals surface area contributed by atoms with Crippen LogP contribution in [0.5, 0.6) is 0 Å². The second kappa shape index (κ2) is 5.46. The molecular weight excluding hydrogens is 356 g/mol. The number of rotatable bonds is 3. The average Bonchev–Trinajstić information content (AvgIpc) is 2.79. The standard InChI is InChI=1S/C14H17BrN2O3S/c1-9-5-6-10(15)7-11(9)21(18,19)17-13-8-12(16-20-13)14(2,3)4/h5-8,17H,1-4H3. The van der Waals surface area contributed by atoms with Gasteiger partial charge < -0.3 is 4.52 Å². The fourth-order valence-electron chi connectivity index (χ4n) is 1.73. The molecule has 0 spiro atoms. The lowest BCUT2D eigenvalue weighted by Gasteiger charge is -2.12. The van der Waals surface area contributed by atoms with Crippen molar-refractivity contribution in [1.82, 2.24) is 5.16 Å². The number of anilines is 1. The van der Waals surface area contributed by atoms with E-state index in [0.717, 1.165) is 0 Å². The van der Waals surface area contributed by atoms with Crippen LogP contribution in [0.4, 0.5) is 5.88 Å². The largest absolute Gasteiger partial charge is 0.338 e. The van der Waals surface area contributed by atoms with Crippen molar-refractivity contribution in [2.24, 2.45) is 0 Å². The first-order chi connectivity index (χ1) is 9.59. The molecule has 0 radical (unpaired) electrons. The monoisotopic (exact) mass is 372 g/mol. The summed E-state index contributed by atoms with van der Waals surface area (Å²) >= 11 is 3.28. The molecule has 0 aliphatic rings. The van der Waals surface area contributed by atoms with Gasteiger partial charge in [-0.2, -0.15) is 0 Å². The van der Waals surface area contributed by atoms with Crippen LogP contribution in [-0.2, 0) is 15.4 Å². The Morgan fingerprint density at radius 3 is 2.48 bits per heavy atom. The number of benzene rings is 1. The van der Waals surface area contributed by atoms with E-state index in [1.54, 1.807) is 31.2 Å². The Hall–Kier alpha value is -1.34. The number of nitrogens with zero attached hydrogens (tertiary/aromatic N) is 1. The van der Waals surface area contributed by atoms with Crippen molar-refractivity contribution in [3.63, 3.8) is 0 Å². The van der Waals surface area contributed by atoms with Crippen LogP contribution in [0.25, 0.3) is 0 Å². The van der Waals surface area contributed by atoms with E-state index < -0.39 is 10.0 Å². The molecule has 1 aromatic heterocycles. The zero-order valence-corrected chi connectivity index (χ0v) is 14.7. The van der Waals surface area contributed by atoms with Crippen LogP contribution in [0.3, 0.4) is 0 Å². The van der Waals surface area contributed by atoms with Crippen LogP contribution in [0.2, 0.25) is 0 Å². The Balaban J connectivity index is 2.34. The summed E-state index contributed by atoms with van der Waals surface area (Å²) in [4.78, 5) is 0.200. The van der Waals surface area contributed by atoms with Gasteiger partial charge in [0, 0.05) is 16.0 Å². The van der Waals surface area contributed by atoms with Gasteiger partial charge in [-0.1, -0.05) is 47.9 Å². The average molecular weight is 373 g/mol. The van der Waals surface area contributed by atoms with E-state index >= 15 is 0 Å². The molecule has 0 bridgehead atoms. The van der Waals surface area contributed by atoms with Gasteiger partial charge in [0.2, 0.25) is 5.88 Å². The summed E-state index contributed by atoms with van der Waals surface area (Å²) in [5.74, 6) is 0.110. The molecule has 0 aliphatic carbocycles. The highest BCUT2D eigenvalue weighted by Crippen LogP contribution is 2.26. The number of aromatic nitrogens is 1. The molecule has 0 amide bonds. The number of halogens is 1. The normalized spacial score (nSPS) is 12.4. The van der Waals surface area contributed by atoms with Gasteiger partial charge in [-0.3, -0.25) is 0 Å². The first-order valence-corrected chi connectivity index (χ1v) is 8.63. The van der Waals surface area contributed by atoms with Crippen molar-refractivity contribution >= 4 is 31.8 Å². The van der Waals surface area contributed by atoms with Gasteiger partial charge in [0.15, 0.2) is 0 Å². The maximum atomic E-state index is 12.4. The third-order valence-electron chi connectivity index (χ3n) is 2.95. The molecule has 1 aromatic carbocycles. The highest BCUT2D eigenvalue weighted by Gasteiger charge is 2.23. The second-order valence-corrected chi connectivity index (χ2v) is 8.41. The fraction of sp³-hybridized carbons (Fsp3) is 0.357. The van der Waals surface area contributed by atoms with Crippen LogP contribution >= 0.6 is 15.9 Å². The lowest BCUT2D eigenvalue weighted by atomic mass is 9.92. The van der Waals surface area contributed by atoms with Crippen molar-refractivity contribution in [3.05, 3.63) is 40.0 Å². The predicted octanol–water partition coefficient (Wildman–Crippen LogP) is 3.84. The van der Waals surface area contributed by atoms with Gasteiger partial charge in [-0.15, -0.1) is 0 Å². The molecule has 114 valence electrons. The smallest absolute Gasteiger partial charge is 0.264 e. The number of hydrogen-bond acceptors (Lipinski definition) is 4. The molecule has 0 unspecified atom stereocenters. The molecule has 2 aromatic rings. The van der Waals surface area contributed by atoms with Gasteiger partial charge >= 0.3 is 0 Å². The topological polar surface area (TPSA) is 72.2 Å². The number of sulfonamides is 1. The Bertz CT molecular complexity index is 761. The van der Waals surface area contributed by atoms with E-state index in [-0.39, 0.29) is 16.2 Å². The van der Waals surface area contributed by atoms with Crippen molar-refractivity contribution < 1.29 is 12.9 Å². The molecule has 7 heteroatoms. The summed E-state index contributed by atoms with van der Waals surface area (Å²) in [6, 6.07) is 6.68. The summed E-state index contributed by atoms with van der Waals surface area (Å²) in [6.45, 7) is 7.66. The van der Waals surface area contributed by atoms with Crippen molar-refractivity contribution in [3.8, 4) is 0 Å². The SMILES string of the molecule is Cc1ccc(Br)cc1S(=O)(=O)Nc1cc(C(C)(C)C)no1. The van der Waals surface area contributed by atoms with Gasteiger partial charge in [0.1, 0.15) is 0 Å². The van der Waals surface area contributed by atoms with Crippen LogP contribution < -0.4 is 4.72 Å². The van der Waals surface area contributed by atoms with E-state index in [9.17, 15) is 8.42 Å². The minimum Gasteiger partial charge on any atom is -0.338 e. The molecule has 0 aliphatic heterocycles. The second-order valence-electron chi connectivity index (χ2n) is 5.84. The number of aryl methyl sites for hydroxylation is 1. The fourth-order valence-corrected chi connectivity index (χ4v) is 3.49. The number of hydrogen-bond donors (Lipinski definition) is 1. The van der Waals surface area contributed by atoms with E-state index in [1.165, 1.54) is 0 Å². The third kappa shape index (κ3) is 3.65. The minimum atomic E-state index is -3.71. The van der Waals surface area contributed by atoms with Crippen molar-refractivity contribution in [1.29, 1.82) is 0 Å². The molecular formula is C14H17BrN2O3S. The summed E-state index contributed by atoms with van der Waals surface area (Å²) in [7, 11) is -3.71. The van der Waals surface area contributed by atoms with E-state index in [0.29, 0.717) is 15.7 Å². The summed E-state index contributed by atoms with van der Waals surface area (Å²) in [6.07, 6.45) is 0. The highest BCUT2D eigenvalue weighted by atomic mass is 79.9. The molecule has 5 nitrogen and oxygen atoms in total. The Morgan fingerprint density at radius 2 is 1.90 bits per heavy atom. The summed E-state index contributed by atoms with van der Waals surface area (Å²) in [5, 5.41) is 3.89. The van der Waals surface area contributed by atoms with Gasteiger partial charge in [-0.05, 0) is 24.6 Å². The Labute approximate surface area is 132 Å². The van der Waals surface area contributed by atoms with Gasteiger partial charge in [-0.25, -0.2) is 13.1 Å². The molecule has 0 saturated heterocycles. The molecule has 21 heavy (non-hydrogen) atoms. The highest BCUT2D eigenvalue weighted by molar-refractivity contribution is 9.10. The quantitative estimate of drug-likeness (QED) is 0.887. The van der Waals surface area contributed by atoms with E-state index in [4.69, 9.17) is 4.52 Å². The molecule has 0 fully saturated rings.